The molecule has 0 aromatic heterocycles. The second-order valence-corrected chi connectivity index (χ2v) is 10.4. The fraction of sp³-hybridized carbons (Fsp3) is 0.467. The largest absolute Gasteiger partial charge is 0.411 e. The summed E-state index contributed by atoms with van der Waals surface area (Å²) in [6.07, 6.45) is -1.06. The number of primary amides is 1. The highest BCUT2D eigenvalue weighted by atomic mass is 127. The summed E-state index contributed by atoms with van der Waals surface area (Å²) in [6, 6.07) is 4.59. The van der Waals surface area contributed by atoms with E-state index in [4.69, 9.17) is 10.5 Å². The molecule has 0 bridgehead atoms. The normalized spacial score (nSPS) is 28.8. The fourth-order valence-corrected chi connectivity index (χ4v) is 5.45. The molecule has 1 unspecified atom stereocenters. The molecule has 132 valence electrons. The van der Waals surface area contributed by atoms with Crippen molar-refractivity contribution in [2.45, 2.75) is 31.1 Å². The summed E-state index contributed by atoms with van der Waals surface area (Å²) in [5.74, 6) is -0.568. The number of benzene rings is 1. The number of nitrogens with two attached hydrogens (primary N) is 1. The Bertz CT molecular complexity index is 846. The first-order chi connectivity index (χ1) is 10.9. The maximum atomic E-state index is 14.4. The van der Waals surface area contributed by atoms with E-state index in [1.165, 1.54) is 13.1 Å². The lowest BCUT2D eigenvalue weighted by molar-refractivity contribution is 0.204. The Balaban J connectivity index is 2.77. The first-order valence-corrected chi connectivity index (χ1v) is 9.87. The van der Waals surface area contributed by atoms with Gasteiger partial charge in [-0.1, -0.05) is 0 Å². The van der Waals surface area contributed by atoms with E-state index in [9.17, 15) is 13.4 Å². The molecule has 1 heterocycles. The van der Waals surface area contributed by atoms with Crippen LogP contribution in [0.3, 0.4) is 0 Å². The van der Waals surface area contributed by atoms with Gasteiger partial charge in [0, 0.05) is 16.2 Å². The summed E-state index contributed by atoms with van der Waals surface area (Å²) in [6.45, 7) is 4.88. The average Bonchev–Trinajstić information content (AvgIpc) is 2.47. The number of carbonyl (C=O) groups excluding carboxylic acids is 1. The zero-order chi connectivity index (χ0) is 18.3. The van der Waals surface area contributed by atoms with E-state index in [2.05, 4.69) is 31.9 Å². The van der Waals surface area contributed by atoms with Crippen LogP contribution in [0.5, 0.6) is 0 Å². The standard InChI is InChI=1S/C15H19FIN3O3S/c1-14(2)12(23-13(18)21)20-15(3,8-24(14,22)19-4)10-7-9(17)5-6-11(10)16/h5-7H,8H2,1-4H3,(H2,18,21)/t15-,24?/m0/s1. The third kappa shape index (κ3) is 3.15. The Kier molecular flexibility index (Phi) is 4.97. The van der Waals surface area contributed by atoms with Crippen LogP contribution >= 0.6 is 22.6 Å². The molecule has 1 amide bonds. The first-order valence-electron chi connectivity index (χ1n) is 7.11. The van der Waals surface area contributed by atoms with Crippen molar-refractivity contribution in [3.05, 3.63) is 33.1 Å². The molecule has 6 nitrogen and oxygen atoms in total. The van der Waals surface area contributed by atoms with E-state index in [1.807, 2.05) is 0 Å². The molecule has 0 spiro atoms. The van der Waals surface area contributed by atoms with Gasteiger partial charge in [-0.05, 0) is 61.6 Å². The van der Waals surface area contributed by atoms with E-state index in [0.29, 0.717) is 0 Å². The molecule has 2 rings (SSSR count). The number of amides is 1. The number of carbonyl (C=O) groups is 1. The van der Waals surface area contributed by atoms with E-state index in [0.717, 1.165) is 3.57 Å². The Morgan fingerprint density at radius 3 is 2.62 bits per heavy atom. The molecule has 2 N–H and O–H groups in total. The molecule has 0 aliphatic carbocycles. The lowest BCUT2D eigenvalue weighted by atomic mass is 9.93. The minimum absolute atomic E-state index is 0.00609. The smallest absolute Gasteiger partial charge is 0.394 e. The van der Waals surface area contributed by atoms with Crippen molar-refractivity contribution in [2.24, 2.45) is 15.1 Å². The van der Waals surface area contributed by atoms with Crippen LogP contribution in [0, 0.1) is 9.39 Å². The molecule has 1 aliphatic heterocycles. The first kappa shape index (κ1) is 19.1. The van der Waals surface area contributed by atoms with Gasteiger partial charge in [0.2, 0.25) is 5.90 Å². The third-order valence-electron chi connectivity index (χ3n) is 4.14. The van der Waals surface area contributed by atoms with Crippen LogP contribution in [-0.2, 0) is 20.0 Å². The second-order valence-electron chi connectivity index (χ2n) is 6.21. The van der Waals surface area contributed by atoms with Crippen molar-refractivity contribution in [1.29, 1.82) is 0 Å². The Labute approximate surface area is 154 Å². The number of ether oxygens (including phenoxy) is 1. The van der Waals surface area contributed by atoms with Gasteiger partial charge in [-0.3, -0.25) is 0 Å². The molecule has 2 atom stereocenters. The lowest BCUT2D eigenvalue weighted by Crippen LogP contribution is -2.53. The summed E-state index contributed by atoms with van der Waals surface area (Å²) >= 11 is 2.06. The minimum atomic E-state index is -2.89. The number of nitrogens with zero attached hydrogens (tertiary/aromatic N) is 2. The lowest BCUT2D eigenvalue weighted by Gasteiger charge is -2.40. The van der Waals surface area contributed by atoms with E-state index < -0.39 is 31.9 Å². The van der Waals surface area contributed by atoms with Gasteiger partial charge in [0.1, 0.15) is 16.1 Å². The van der Waals surface area contributed by atoms with Crippen LogP contribution in [0.4, 0.5) is 9.18 Å². The van der Waals surface area contributed by atoms with Crippen molar-refractivity contribution in [2.75, 3.05) is 12.8 Å². The summed E-state index contributed by atoms with van der Waals surface area (Å²) in [7, 11) is -1.46. The monoisotopic (exact) mass is 467 g/mol. The zero-order valence-corrected chi connectivity index (χ0v) is 16.8. The average molecular weight is 467 g/mol. The number of rotatable bonds is 1. The number of aliphatic imine (C=N–C) groups is 1. The van der Waals surface area contributed by atoms with Crippen molar-refractivity contribution in [3.8, 4) is 0 Å². The molecular formula is C15H19FIN3O3S. The van der Waals surface area contributed by atoms with E-state index >= 15 is 0 Å². The van der Waals surface area contributed by atoms with Gasteiger partial charge in [0.15, 0.2) is 0 Å². The molecule has 0 radical (unpaired) electrons. The van der Waals surface area contributed by atoms with Gasteiger partial charge < -0.3 is 10.5 Å². The highest BCUT2D eigenvalue weighted by molar-refractivity contribution is 14.1. The SMILES string of the molecule is CN=S1(=O)C[C@@](C)(c2cc(I)ccc2F)N=C(OC(N)=O)C1(C)C. The van der Waals surface area contributed by atoms with Crippen LogP contribution in [0.15, 0.2) is 27.6 Å². The predicted octanol–water partition coefficient (Wildman–Crippen LogP) is 3.03. The maximum absolute atomic E-state index is 14.4. The number of hydrogen-bond donors (Lipinski definition) is 1. The van der Waals surface area contributed by atoms with Crippen LogP contribution in [0.2, 0.25) is 0 Å². The van der Waals surface area contributed by atoms with Crippen LogP contribution in [-0.4, -0.2) is 33.7 Å². The third-order valence-corrected chi connectivity index (χ3v) is 8.12. The Morgan fingerprint density at radius 1 is 1.46 bits per heavy atom. The highest BCUT2D eigenvalue weighted by Crippen LogP contribution is 2.40. The molecule has 1 aromatic carbocycles. The van der Waals surface area contributed by atoms with Gasteiger partial charge >= 0.3 is 6.09 Å². The van der Waals surface area contributed by atoms with Gasteiger partial charge in [-0.15, -0.1) is 0 Å². The summed E-state index contributed by atoms with van der Waals surface area (Å²) in [5, 5.41) is 0. The molecular weight excluding hydrogens is 448 g/mol. The van der Waals surface area contributed by atoms with Gasteiger partial charge in [0.25, 0.3) is 0 Å². The van der Waals surface area contributed by atoms with Crippen molar-refractivity contribution < 1.29 is 18.1 Å². The topological polar surface area (TPSA) is 94.1 Å². The van der Waals surface area contributed by atoms with Crippen molar-refractivity contribution in [3.63, 3.8) is 0 Å². The molecule has 1 aliphatic rings. The fourth-order valence-electron chi connectivity index (χ4n) is 2.67. The van der Waals surface area contributed by atoms with Crippen LogP contribution in [0.1, 0.15) is 26.3 Å². The summed E-state index contributed by atoms with van der Waals surface area (Å²) in [4.78, 5) is 15.7. The van der Waals surface area contributed by atoms with E-state index in [-0.39, 0.29) is 17.2 Å². The van der Waals surface area contributed by atoms with Gasteiger partial charge in [-0.25, -0.2) is 22.7 Å². The molecule has 1 aromatic rings. The van der Waals surface area contributed by atoms with Crippen molar-refractivity contribution in [1.82, 2.24) is 0 Å². The molecule has 0 saturated heterocycles. The predicted molar refractivity (Wildman–Crippen MR) is 100 cm³/mol. The molecule has 0 fully saturated rings. The van der Waals surface area contributed by atoms with Crippen LogP contribution < -0.4 is 5.73 Å². The maximum Gasteiger partial charge on any atom is 0.411 e. The van der Waals surface area contributed by atoms with Crippen LogP contribution in [0.25, 0.3) is 0 Å². The van der Waals surface area contributed by atoms with Crippen molar-refractivity contribution >= 4 is 44.3 Å². The Hall–Kier alpha value is -1.23. The number of halogens is 2. The quantitative estimate of drug-likeness (QED) is 0.644. The Morgan fingerprint density at radius 2 is 2.08 bits per heavy atom. The zero-order valence-electron chi connectivity index (χ0n) is 13.8. The second kappa shape index (κ2) is 6.25. The molecule has 9 heteroatoms. The summed E-state index contributed by atoms with van der Waals surface area (Å²) in [5.41, 5.74) is 4.19. The van der Waals surface area contributed by atoms with Gasteiger partial charge in [0.05, 0.1) is 15.5 Å². The number of hydrogen-bond acceptors (Lipinski definition) is 5. The molecule has 24 heavy (non-hydrogen) atoms. The van der Waals surface area contributed by atoms with Gasteiger partial charge in [-0.2, -0.15) is 0 Å². The minimum Gasteiger partial charge on any atom is -0.394 e. The summed E-state index contributed by atoms with van der Waals surface area (Å²) < 4.78 is 36.6. The van der Waals surface area contributed by atoms with E-state index in [1.54, 1.807) is 32.9 Å². The molecule has 0 saturated carbocycles. The highest BCUT2D eigenvalue weighted by Gasteiger charge is 2.50.